The minimum absolute atomic E-state index is 0.0695. The molecular weight excluding hydrogens is 228 g/mol. The zero-order valence-corrected chi connectivity index (χ0v) is 9.97. The first-order chi connectivity index (χ1) is 8.78. The molecule has 1 aromatic rings. The number of amides is 1. The van der Waals surface area contributed by atoms with Crippen LogP contribution in [0.15, 0.2) is 18.3 Å². The van der Waals surface area contributed by atoms with Crippen molar-refractivity contribution in [3.8, 4) is 6.07 Å². The Morgan fingerprint density at radius 1 is 1.50 bits per heavy atom. The van der Waals surface area contributed by atoms with Crippen LogP contribution in [-0.4, -0.2) is 34.4 Å². The molecule has 1 aromatic heterocycles. The summed E-state index contributed by atoms with van der Waals surface area (Å²) in [7, 11) is 0. The van der Waals surface area contributed by atoms with Gasteiger partial charge >= 0.3 is 0 Å². The molecule has 1 atom stereocenters. The first-order valence-electron chi connectivity index (χ1n) is 6.19. The molecule has 2 aliphatic rings. The molecule has 1 N–H and O–H groups in total. The third-order valence-corrected chi connectivity index (χ3v) is 3.42. The van der Waals surface area contributed by atoms with E-state index in [2.05, 4.69) is 16.4 Å². The van der Waals surface area contributed by atoms with Gasteiger partial charge in [-0.3, -0.25) is 4.79 Å². The van der Waals surface area contributed by atoms with Crippen LogP contribution in [0.5, 0.6) is 0 Å². The second-order valence-electron chi connectivity index (χ2n) is 4.83. The summed E-state index contributed by atoms with van der Waals surface area (Å²) < 4.78 is 0. The predicted octanol–water partition coefficient (Wildman–Crippen LogP) is 1.13. The van der Waals surface area contributed by atoms with Crippen molar-refractivity contribution in [2.45, 2.75) is 31.3 Å². The summed E-state index contributed by atoms with van der Waals surface area (Å²) in [5.74, 6) is 0.792. The van der Waals surface area contributed by atoms with Gasteiger partial charge in [-0.25, -0.2) is 4.98 Å². The maximum absolute atomic E-state index is 11.8. The van der Waals surface area contributed by atoms with Crippen molar-refractivity contribution >= 4 is 11.7 Å². The Labute approximate surface area is 105 Å². The number of aromatic nitrogens is 1. The van der Waals surface area contributed by atoms with E-state index < -0.39 is 0 Å². The fourth-order valence-electron chi connectivity index (χ4n) is 2.37. The molecule has 1 saturated heterocycles. The van der Waals surface area contributed by atoms with E-state index in [1.165, 1.54) is 0 Å². The number of hydrogen-bond donors (Lipinski definition) is 1. The van der Waals surface area contributed by atoms with Crippen LogP contribution in [0.3, 0.4) is 0 Å². The summed E-state index contributed by atoms with van der Waals surface area (Å²) in [5.41, 5.74) is 0.523. The van der Waals surface area contributed by atoms with Crippen molar-refractivity contribution in [2.75, 3.05) is 11.9 Å². The number of rotatable bonds is 3. The van der Waals surface area contributed by atoms with Gasteiger partial charge in [-0.05, 0) is 25.0 Å². The molecule has 1 saturated carbocycles. The average molecular weight is 242 g/mol. The number of carbonyl (C=O) groups is 1. The van der Waals surface area contributed by atoms with E-state index >= 15 is 0 Å². The van der Waals surface area contributed by atoms with Crippen LogP contribution in [0.4, 0.5) is 5.82 Å². The fourth-order valence-corrected chi connectivity index (χ4v) is 2.37. The smallest absolute Gasteiger partial charge is 0.225 e. The van der Waals surface area contributed by atoms with Crippen molar-refractivity contribution in [3.05, 3.63) is 23.9 Å². The van der Waals surface area contributed by atoms with Crippen LogP contribution >= 0.6 is 0 Å². The lowest BCUT2D eigenvalue weighted by atomic mass is 10.2. The van der Waals surface area contributed by atoms with Gasteiger partial charge in [-0.15, -0.1) is 0 Å². The Morgan fingerprint density at radius 2 is 2.33 bits per heavy atom. The van der Waals surface area contributed by atoms with Crippen molar-refractivity contribution in [2.24, 2.45) is 0 Å². The van der Waals surface area contributed by atoms with E-state index in [9.17, 15) is 4.79 Å². The molecule has 3 rings (SSSR count). The van der Waals surface area contributed by atoms with Crippen LogP contribution in [0, 0.1) is 11.3 Å². The zero-order valence-electron chi connectivity index (χ0n) is 9.97. The Hall–Kier alpha value is -2.09. The molecule has 0 radical (unpaired) electrons. The molecular formula is C13H14N4O. The lowest BCUT2D eigenvalue weighted by molar-refractivity contribution is -0.128. The lowest BCUT2D eigenvalue weighted by Gasteiger charge is -2.16. The number of pyridine rings is 1. The van der Waals surface area contributed by atoms with E-state index in [0.717, 1.165) is 19.4 Å². The van der Waals surface area contributed by atoms with Crippen molar-refractivity contribution < 1.29 is 4.79 Å². The molecule has 0 aromatic carbocycles. The molecule has 1 aliphatic carbocycles. The highest BCUT2D eigenvalue weighted by Gasteiger charge is 2.39. The quantitative estimate of drug-likeness (QED) is 0.862. The van der Waals surface area contributed by atoms with Crippen LogP contribution in [0.2, 0.25) is 0 Å². The third kappa shape index (κ3) is 2.02. The van der Waals surface area contributed by atoms with Crippen LogP contribution in [0.1, 0.15) is 24.8 Å². The lowest BCUT2D eigenvalue weighted by Crippen LogP contribution is -2.30. The van der Waals surface area contributed by atoms with E-state index in [1.807, 2.05) is 4.90 Å². The van der Waals surface area contributed by atoms with Crippen molar-refractivity contribution in [1.82, 2.24) is 9.88 Å². The fraction of sp³-hybridized carbons (Fsp3) is 0.462. The largest absolute Gasteiger partial charge is 0.364 e. The molecule has 1 amide bonds. The van der Waals surface area contributed by atoms with Gasteiger partial charge in [0.2, 0.25) is 5.91 Å². The molecule has 0 spiro atoms. The summed E-state index contributed by atoms with van der Waals surface area (Å²) in [6.45, 7) is 0.727. The summed E-state index contributed by atoms with van der Waals surface area (Å²) in [4.78, 5) is 17.9. The number of carbonyl (C=O) groups excluding carboxylic acids is 1. The van der Waals surface area contributed by atoms with Crippen LogP contribution in [0.25, 0.3) is 0 Å². The average Bonchev–Trinajstić information content (AvgIpc) is 3.15. The van der Waals surface area contributed by atoms with Gasteiger partial charge in [0.15, 0.2) is 0 Å². The van der Waals surface area contributed by atoms with Crippen molar-refractivity contribution in [3.63, 3.8) is 0 Å². The van der Waals surface area contributed by atoms with Gasteiger partial charge in [0.05, 0.1) is 11.6 Å². The van der Waals surface area contributed by atoms with E-state index in [0.29, 0.717) is 23.8 Å². The topological polar surface area (TPSA) is 69.0 Å². The molecule has 5 heteroatoms. The Balaban J connectivity index is 1.70. The molecule has 2 heterocycles. The van der Waals surface area contributed by atoms with E-state index in [1.54, 1.807) is 18.3 Å². The first kappa shape index (κ1) is 11.0. The minimum Gasteiger partial charge on any atom is -0.364 e. The van der Waals surface area contributed by atoms with Crippen molar-refractivity contribution in [1.29, 1.82) is 5.26 Å². The number of nitrogens with zero attached hydrogens (tertiary/aromatic N) is 3. The van der Waals surface area contributed by atoms with Gasteiger partial charge in [0, 0.05) is 25.2 Å². The maximum Gasteiger partial charge on any atom is 0.225 e. The second-order valence-corrected chi connectivity index (χ2v) is 4.83. The third-order valence-electron chi connectivity index (χ3n) is 3.42. The predicted molar refractivity (Wildman–Crippen MR) is 65.7 cm³/mol. The molecule has 0 bridgehead atoms. The number of nitrogens with one attached hydrogen (secondary N) is 1. The Morgan fingerprint density at radius 3 is 3.06 bits per heavy atom. The number of hydrogen-bond acceptors (Lipinski definition) is 4. The van der Waals surface area contributed by atoms with Crippen LogP contribution in [-0.2, 0) is 4.79 Å². The summed E-state index contributed by atoms with van der Waals surface area (Å²) in [5, 5.41) is 12.2. The standard InChI is InChI=1S/C13H14N4O/c14-7-9-2-1-5-15-13(9)16-10-6-12(18)17(8-10)11-3-4-11/h1-2,5,10-11H,3-4,6,8H2,(H,15,16). The summed E-state index contributed by atoms with van der Waals surface area (Å²) in [6, 6.07) is 6.10. The van der Waals surface area contributed by atoms with Gasteiger partial charge in [-0.1, -0.05) is 0 Å². The molecule has 2 fully saturated rings. The molecule has 92 valence electrons. The SMILES string of the molecule is N#Cc1cccnc1NC1CC(=O)N(C2CC2)C1. The van der Waals surface area contributed by atoms with Gasteiger partial charge in [0.1, 0.15) is 11.9 Å². The highest BCUT2D eigenvalue weighted by atomic mass is 16.2. The maximum atomic E-state index is 11.8. The molecule has 18 heavy (non-hydrogen) atoms. The highest BCUT2D eigenvalue weighted by Crippen LogP contribution is 2.31. The van der Waals surface area contributed by atoms with E-state index in [4.69, 9.17) is 5.26 Å². The van der Waals surface area contributed by atoms with Gasteiger partial charge < -0.3 is 10.2 Å². The van der Waals surface area contributed by atoms with Gasteiger partial charge in [-0.2, -0.15) is 5.26 Å². The summed E-state index contributed by atoms with van der Waals surface area (Å²) in [6.07, 6.45) is 4.41. The monoisotopic (exact) mass is 242 g/mol. The molecule has 1 unspecified atom stereocenters. The molecule has 5 nitrogen and oxygen atoms in total. The minimum atomic E-state index is 0.0695. The molecule has 1 aliphatic heterocycles. The Bertz CT molecular complexity index is 518. The number of nitriles is 1. The Kier molecular flexibility index (Phi) is 2.63. The highest BCUT2D eigenvalue weighted by molar-refractivity contribution is 5.80. The summed E-state index contributed by atoms with van der Waals surface area (Å²) >= 11 is 0. The van der Waals surface area contributed by atoms with Gasteiger partial charge in [0.25, 0.3) is 0 Å². The normalized spacial score (nSPS) is 22.9. The second kappa shape index (κ2) is 4.30. The van der Waals surface area contributed by atoms with E-state index in [-0.39, 0.29) is 11.9 Å². The number of likely N-dealkylation sites (tertiary alicyclic amines) is 1. The zero-order chi connectivity index (χ0) is 12.5. The number of anilines is 1. The first-order valence-corrected chi connectivity index (χ1v) is 6.19. The van der Waals surface area contributed by atoms with Crippen LogP contribution < -0.4 is 5.32 Å².